The van der Waals surface area contributed by atoms with Gasteiger partial charge in [-0.3, -0.25) is 0 Å². The van der Waals surface area contributed by atoms with Crippen LogP contribution in [0.1, 0.15) is 32.7 Å². The molecule has 2 atom stereocenters. The summed E-state index contributed by atoms with van der Waals surface area (Å²) in [5, 5.41) is 0. The zero-order chi connectivity index (χ0) is 13.2. The van der Waals surface area contributed by atoms with Crippen molar-refractivity contribution in [1.82, 2.24) is 4.72 Å². The van der Waals surface area contributed by atoms with E-state index in [1.54, 1.807) is 24.3 Å². The molecule has 0 radical (unpaired) electrons. The van der Waals surface area contributed by atoms with Gasteiger partial charge in [-0.1, -0.05) is 30.5 Å². The van der Waals surface area contributed by atoms with Gasteiger partial charge < -0.3 is 5.73 Å². The smallest absolute Gasteiger partial charge is 0.240 e. The number of nitrogens with one attached hydrogen (secondary N) is 1. The van der Waals surface area contributed by atoms with Crippen LogP contribution in [0.25, 0.3) is 0 Å². The third-order valence-corrected chi connectivity index (χ3v) is 4.96. The molecule has 102 valence electrons. The fourth-order valence-corrected chi connectivity index (χ4v) is 3.61. The van der Waals surface area contributed by atoms with Crippen molar-refractivity contribution >= 4 is 10.0 Å². The Morgan fingerprint density at radius 2 is 1.83 bits per heavy atom. The highest BCUT2D eigenvalue weighted by molar-refractivity contribution is 7.89. The molecule has 0 amide bonds. The zero-order valence-corrected chi connectivity index (χ0v) is 11.4. The van der Waals surface area contributed by atoms with Gasteiger partial charge in [0.25, 0.3) is 0 Å². The standard InChI is InChI=1S/C13H20N2O2S.H2/c1-10-6-8-11(9-7-10)18(16,17)15-13-5-3-2-4-12(13)14;/h6-9,12-13,15H,2-5,14H2,1H3;1H/t12-,13-;/m0./s1. The molecule has 2 rings (SSSR count). The molecule has 0 saturated heterocycles. The second-order valence-electron chi connectivity index (χ2n) is 4.99. The van der Waals surface area contributed by atoms with E-state index >= 15 is 0 Å². The average Bonchev–Trinajstić information content (AvgIpc) is 2.32. The lowest BCUT2D eigenvalue weighted by atomic mass is 9.92. The van der Waals surface area contributed by atoms with Gasteiger partial charge in [0.15, 0.2) is 0 Å². The van der Waals surface area contributed by atoms with Crippen molar-refractivity contribution in [3.63, 3.8) is 0 Å². The molecule has 1 saturated carbocycles. The van der Waals surface area contributed by atoms with Gasteiger partial charge in [-0.15, -0.1) is 0 Å². The maximum absolute atomic E-state index is 12.2. The van der Waals surface area contributed by atoms with Crippen molar-refractivity contribution in [2.45, 2.75) is 49.6 Å². The summed E-state index contributed by atoms with van der Waals surface area (Å²) in [5.41, 5.74) is 7.01. The number of hydrogen-bond donors (Lipinski definition) is 2. The van der Waals surface area contributed by atoms with E-state index in [9.17, 15) is 8.42 Å². The molecule has 0 unspecified atom stereocenters. The fourth-order valence-electron chi connectivity index (χ4n) is 2.29. The quantitative estimate of drug-likeness (QED) is 0.879. The Kier molecular flexibility index (Phi) is 4.04. The molecule has 1 aromatic carbocycles. The Bertz CT molecular complexity index is 502. The van der Waals surface area contributed by atoms with Crippen LogP contribution in [0, 0.1) is 6.92 Å². The van der Waals surface area contributed by atoms with Crippen LogP contribution >= 0.6 is 0 Å². The lowest BCUT2D eigenvalue weighted by Gasteiger charge is -2.29. The number of rotatable bonds is 3. The van der Waals surface area contributed by atoms with Crippen molar-refractivity contribution in [3.8, 4) is 0 Å². The third kappa shape index (κ3) is 3.10. The van der Waals surface area contributed by atoms with E-state index in [1.165, 1.54) is 0 Å². The topological polar surface area (TPSA) is 72.2 Å². The summed E-state index contributed by atoms with van der Waals surface area (Å²) < 4.78 is 27.1. The van der Waals surface area contributed by atoms with Gasteiger partial charge in [0.1, 0.15) is 0 Å². The first-order valence-corrected chi connectivity index (χ1v) is 7.82. The highest BCUT2D eigenvalue weighted by Gasteiger charge is 2.26. The van der Waals surface area contributed by atoms with Gasteiger partial charge in [-0.25, -0.2) is 13.1 Å². The Balaban J connectivity index is 0.00000180. The van der Waals surface area contributed by atoms with E-state index in [2.05, 4.69) is 4.72 Å². The average molecular weight is 270 g/mol. The van der Waals surface area contributed by atoms with Crippen LogP contribution < -0.4 is 10.5 Å². The van der Waals surface area contributed by atoms with Crippen LogP contribution in [0.4, 0.5) is 0 Å². The normalized spacial score (nSPS) is 25.0. The Morgan fingerprint density at radius 3 is 2.44 bits per heavy atom. The molecular formula is C13H22N2O2S. The second-order valence-corrected chi connectivity index (χ2v) is 6.70. The monoisotopic (exact) mass is 270 g/mol. The van der Waals surface area contributed by atoms with Crippen molar-refractivity contribution in [1.29, 1.82) is 0 Å². The molecule has 1 aliphatic rings. The van der Waals surface area contributed by atoms with Crippen molar-refractivity contribution in [2.24, 2.45) is 5.73 Å². The van der Waals surface area contributed by atoms with E-state index in [4.69, 9.17) is 5.73 Å². The summed E-state index contributed by atoms with van der Waals surface area (Å²) in [6, 6.07) is 6.66. The highest BCUT2D eigenvalue weighted by Crippen LogP contribution is 2.19. The largest absolute Gasteiger partial charge is 0.326 e. The molecule has 0 bridgehead atoms. The minimum Gasteiger partial charge on any atom is -0.326 e. The van der Waals surface area contributed by atoms with Crippen LogP contribution in [0.3, 0.4) is 0 Å². The van der Waals surface area contributed by atoms with Crippen molar-refractivity contribution in [2.75, 3.05) is 0 Å². The molecule has 0 aromatic heterocycles. The van der Waals surface area contributed by atoms with E-state index < -0.39 is 10.0 Å². The minimum atomic E-state index is -3.44. The Hall–Kier alpha value is -0.910. The molecular weight excluding hydrogens is 248 g/mol. The van der Waals surface area contributed by atoms with Crippen LogP contribution in [0.2, 0.25) is 0 Å². The Morgan fingerprint density at radius 1 is 1.22 bits per heavy atom. The van der Waals surface area contributed by atoms with Crippen LogP contribution in [-0.2, 0) is 10.0 Å². The number of hydrogen-bond acceptors (Lipinski definition) is 3. The first kappa shape index (κ1) is 13.5. The van der Waals surface area contributed by atoms with E-state index in [0.717, 1.165) is 31.2 Å². The molecule has 4 nitrogen and oxygen atoms in total. The SMILES string of the molecule is Cc1ccc(S(=O)(=O)N[C@H]2CCCC[C@@H]2N)cc1.[HH]. The van der Waals surface area contributed by atoms with Crippen LogP contribution in [-0.4, -0.2) is 20.5 Å². The van der Waals surface area contributed by atoms with Gasteiger partial charge in [0.2, 0.25) is 10.0 Å². The number of benzene rings is 1. The predicted molar refractivity (Wildman–Crippen MR) is 73.8 cm³/mol. The number of aryl methyl sites for hydroxylation is 1. The van der Waals surface area contributed by atoms with Crippen molar-refractivity contribution < 1.29 is 9.84 Å². The summed E-state index contributed by atoms with van der Waals surface area (Å²) in [4.78, 5) is 0.311. The van der Waals surface area contributed by atoms with E-state index in [-0.39, 0.29) is 13.5 Å². The summed E-state index contributed by atoms with van der Waals surface area (Å²) in [7, 11) is -3.44. The predicted octanol–water partition coefficient (Wildman–Crippen LogP) is 1.79. The second kappa shape index (κ2) is 5.38. The third-order valence-electron chi connectivity index (χ3n) is 3.46. The number of nitrogens with two attached hydrogens (primary N) is 1. The molecule has 1 aliphatic carbocycles. The van der Waals surface area contributed by atoms with E-state index in [1.807, 2.05) is 6.92 Å². The van der Waals surface area contributed by atoms with Gasteiger partial charge in [-0.05, 0) is 31.9 Å². The van der Waals surface area contributed by atoms with Gasteiger partial charge in [0.05, 0.1) is 4.90 Å². The maximum Gasteiger partial charge on any atom is 0.240 e. The first-order valence-electron chi connectivity index (χ1n) is 6.33. The summed E-state index contributed by atoms with van der Waals surface area (Å²) >= 11 is 0. The zero-order valence-electron chi connectivity index (χ0n) is 10.6. The lowest BCUT2D eigenvalue weighted by Crippen LogP contribution is -2.49. The molecule has 0 heterocycles. The lowest BCUT2D eigenvalue weighted by molar-refractivity contribution is 0.361. The molecule has 1 fully saturated rings. The molecule has 18 heavy (non-hydrogen) atoms. The van der Waals surface area contributed by atoms with Gasteiger partial charge in [0, 0.05) is 13.5 Å². The molecule has 3 N–H and O–H groups in total. The van der Waals surface area contributed by atoms with Crippen molar-refractivity contribution in [3.05, 3.63) is 29.8 Å². The van der Waals surface area contributed by atoms with Crippen LogP contribution in [0.5, 0.6) is 0 Å². The molecule has 0 spiro atoms. The Labute approximate surface area is 110 Å². The van der Waals surface area contributed by atoms with Gasteiger partial charge >= 0.3 is 0 Å². The molecule has 1 aromatic rings. The summed E-state index contributed by atoms with van der Waals surface area (Å²) in [6.45, 7) is 1.93. The van der Waals surface area contributed by atoms with Crippen LogP contribution in [0.15, 0.2) is 29.2 Å². The van der Waals surface area contributed by atoms with E-state index in [0.29, 0.717) is 4.90 Å². The first-order chi connectivity index (χ1) is 8.49. The molecule has 5 heteroatoms. The minimum absolute atomic E-state index is 0. The van der Waals surface area contributed by atoms with Gasteiger partial charge in [-0.2, -0.15) is 0 Å². The maximum atomic E-state index is 12.2. The highest BCUT2D eigenvalue weighted by atomic mass is 32.2. The fraction of sp³-hybridized carbons (Fsp3) is 0.538. The summed E-state index contributed by atoms with van der Waals surface area (Å²) in [6.07, 6.45) is 3.84. The number of sulfonamides is 1. The summed E-state index contributed by atoms with van der Waals surface area (Å²) in [5.74, 6) is 0. The molecule has 0 aliphatic heterocycles.